The summed E-state index contributed by atoms with van der Waals surface area (Å²) in [5.41, 5.74) is 9.38. The van der Waals surface area contributed by atoms with E-state index in [0.717, 1.165) is 45.1 Å². The van der Waals surface area contributed by atoms with Crippen LogP contribution in [-0.4, -0.2) is 9.97 Å². The maximum Gasteiger partial charge on any atom is 0.164 e. The van der Waals surface area contributed by atoms with Crippen LogP contribution in [0.15, 0.2) is 170 Å². The maximum atomic E-state index is 7.01. The van der Waals surface area contributed by atoms with Crippen LogP contribution in [0.3, 0.4) is 0 Å². The zero-order chi connectivity index (χ0) is 33.5. The molecule has 0 saturated carbocycles. The zero-order valence-corrected chi connectivity index (χ0v) is 28.3. The Morgan fingerprint density at radius 2 is 1.27 bits per heavy atom. The molecule has 0 radical (unpaired) electrons. The minimum absolute atomic E-state index is 0.194. The quantitative estimate of drug-likeness (QED) is 0.188. The predicted molar refractivity (Wildman–Crippen MR) is 209 cm³/mol. The van der Waals surface area contributed by atoms with E-state index in [9.17, 15) is 0 Å². The summed E-state index contributed by atoms with van der Waals surface area (Å²) in [6.45, 7) is 0. The number of aromatic nitrogens is 2. The van der Waals surface area contributed by atoms with Gasteiger partial charge in [-0.15, -0.1) is 11.3 Å². The third-order valence-corrected chi connectivity index (χ3v) is 12.2. The van der Waals surface area contributed by atoms with Crippen LogP contribution in [0.2, 0.25) is 0 Å². The third-order valence-electron chi connectivity index (χ3n) is 11.1. The van der Waals surface area contributed by atoms with Gasteiger partial charge >= 0.3 is 0 Å². The van der Waals surface area contributed by atoms with Gasteiger partial charge in [0.25, 0.3) is 0 Å². The molecule has 51 heavy (non-hydrogen) atoms. The molecule has 0 N–H and O–H groups in total. The molecule has 0 bridgehead atoms. The van der Waals surface area contributed by atoms with E-state index in [-0.39, 0.29) is 11.8 Å². The monoisotopic (exact) mass is 670 g/mol. The van der Waals surface area contributed by atoms with E-state index in [4.69, 9.17) is 14.7 Å². The first-order valence-corrected chi connectivity index (χ1v) is 18.3. The van der Waals surface area contributed by atoms with Gasteiger partial charge in [0.05, 0.1) is 22.4 Å². The molecule has 3 unspecified atom stereocenters. The topological polar surface area (TPSA) is 35.0 Å². The third kappa shape index (κ3) is 4.11. The van der Waals surface area contributed by atoms with E-state index < -0.39 is 5.41 Å². The average molecular weight is 671 g/mol. The number of ether oxygens (including phenoxy) is 1. The van der Waals surface area contributed by atoms with Crippen LogP contribution in [0.5, 0.6) is 11.5 Å². The van der Waals surface area contributed by atoms with Gasteiger partial charge in [-0.2, -0.15) is 0 Å². The lowest BCUT2D eigenvalue weighted by Gasteiger charge is -2.43. The Bertz CT molecular complexity index is 2760. The van der Waals surface area contributed by atoms with E-state index in [1.807, 2.05) is 17.4 Å². The fourth-order valence-corrected chi connectivity index (χ4v) is 10.1. The molecular formula is C47H30N2OS. The number of hydrogen-bond acceptors (Lipinski definition) is 4. The number of rotatable bonds is 3. The molecule has 3 heterocycles. The molecule has 1 spiro atoms. The Labute approximate surface area is 299 Å². The van der Waals surface area contributed by atoms with Gasteiger partial charge in [0, 0.05) is 54.3 Å². The van der Waals surface area contributed by atoms with Gasteiger partial charge in [-0.25, -0.2) is 9.97 Å². The summed E-state index contributed by atoms with van der Waals surface area (Å²) in [7, 11) is 0. The lowest BCUT2D eigenvalue weighted by atomic mass is 9.61. The molecule has 8 aromatic rings. The Morgan fingerprint density at radius 3 is 2.20 bits per heavy atom. The minimum atomic E-state index is -0.436. The molecule has 3 atom stereocenters. The van der Waals surface area contributed by atoms with Gasteiger partial charge in [0.15, 0.2) is 5.82 Å². The van der Waals surface area contributed by atoms with Crippen molar-refractivity contribution in [3.8, 4) is 45.4 Å². The lowest BCUT2D eigenvalue weighted by molar-refractivity contribution is 0.375. The van der Waals surface area contributed by atoms with Crippen LogP contribution in [0.4, 0.5) is 0 Å². The summed E-state index contributed by atoms with van der Waals surface area (Å²) in [6, 6.07) is 52.0. The lowest BCUT2D eigenvalue weighted by Crippen LogP contribution is -2.37. The first-order chi connectivity index (χ1) is 25.3. The molecule has 0 amide bonds. The summed E-state index contributed by atoms with van der Waals surface area (Å²) >= 11 is 1.82. The van der Waals surface area contributed by atoms with E-state index in [2.05, 4.69) is 164 Å². The molecule has 0 fully saturated rings. The van der Waals surface area contributed by atoms with E-state index >= 15 is 0 Å². The van der Waals surface area contributed by atoms with Crippen molar-refractivity contribution in [1.82, 2.24) is 9.97 Å². The van der Waals surface area contributed by atoms with Crippen LogP contribution in [0, 0.1) is 5.92 Å². The molecule has 3 nitrogen and oxygen atoms in total. The summed E-state index contributed by atoms with van der Waals surface area (Å²) in [4.78, 5) is 10.6. The maximum absolute atomic E-state index is 7.01. The van der Waals surface area contributed by atoms with Gasteiger partial charge in [-0.05, 0) is 41.5 Å². The molecule has 2 aliphatic carbocycles. The molecular weight excluding hydrogens is 641 g/mol. The Kier molecular flexibility index (Phi) is 6.16. The highest BCUT2D eigenvalue weighted by Gasteiger charge is 2.56. The second kappa shape index (κ2) is 10.9. The van der Waals surface area contributed by atoms with Gasteiger partial charge < -0.3 is 4.74 Å². The Hall–Kier alpha value is -6.10. The second-order valence-corrected chi connectivity index (χ2v) is 14.7. The fraction of sp³-hybridized carbons (Fsp3) is 0.0638. The van der Waals surface area contributed by atoms with Gasteiger partial charge in [0.1, 0.15) is 11.5 Å². The fourth-order valence-electron chi connectivity index (χ4n) is 8.92. The number of hydrogen-bond donors (Lipinski definition) is 0. The molecule has 6 aromatic carbocycles. The van der Waals surface area contributed by atoms with Crippen molar-refractivity contribution >= 4 is 31.5 Å². The smallest absolute Gasteiger partial charge is 0.164 e. The summed E-state index contributed by atoms with van der Waals surface area (Å²) in [6.07, 6.45) is 9.17. The minimum Gasteiger partial charge on any atom is -0.456 e. The van der Waals surface area contributed by atoms with Crippen molar-refractivity contribution in [2.45, 2.75) is 11.3 Å². The van der Waals surface area contributed by atoms with Gasteiger partial charge in [-0.3, -0.25) is 0 Å². The van der Waals surface area contributed by atoms with Crippen LogP contribution >= 0.6 is 11.3 Å². The number of para-hydroxylation sites is 2. The van der Waals surface area contributed by atoms with Crippen LogP contribution in [-0.2, 0) is 5.41 Å². The Balaban J connectivity index is 1.16. The first kappa shape index (κ1) is 28.7. The van der Waals surface area contributed by atoms with Crippen molar-refractivity contribution in [1.29, 1.82) is 0 Å². The van der Waals surface area contributed by atoms with E-state index in [0.29, 0.717) is 5.82 Å². The summed E-state index contributed by atoms with van der Waals surface area (Å²) in [5, 5.41) is 2.56. The number of allylic oxidation sites excluding steroid dienone is 4. The highest BCUT2D eigenvalue weighted by molar-refractivity contribution is 7.25. The van der Waals surface area contributed by atoms with E-state index in [1.54, 1.807) is 0 Å². The van der Waals surface area contributed by atoms with Crippen LogP contribution < -0.4 is 4.74 Å². The highest BCUT2D eigenvalue weighted by Crippen LogP contribution is 2.65. The summed E-state index contributed by atoms with van der Waals surface area (Å²) < 4.78 is 9.55. The van der Waals surface area contributed by atoms with Gasteiger partial charge in [0.2, 0.25) is 0 Å². The number of fused-ring (bicyclic) bond motifs is 12. The van der Waals surface area contributed by atoms with Crippen molar-refractivity contribution in [2.75, 3.05) is 0 Å². The second-order valence-electron chi connectivity index (χ2n) is 13.6. The van der Waals surface area contributed by atoms with Gasteiger partial charge in [-0.1, -0.05) is 140 Å². The zero-order valence-electron chi connectivity index (χ0n) is 27.5. The van der Waals surface area contributed by atoms with Crippen LogP contribution in [0.1, 0.15) is 28.2 Å². The van der Waals surface area contributed by atoms with E-state index in [1.165, 1.54) is 36.9 Å². The van der Waals surface area contributed by atoms with Crippen molar-refractivity contribution in [3.05, 3.63) is 192 Å². The summed E-state index contributed by atoms with van der Waals surface area (Å²) in [5.74, 6) is 2.81. The van der Waals surface area contributed by atoms with Crippen molar-refractivity contribution < 1.29 is 4.74 Å². The average Bonchev–Trinajstić information content (AvgIpc) is 3.72. The number of benzene rings is 6. The molecule has 3 aliphatic rings. The predicted octanol–water partition coefficient (Wildman–Crippen LogP) is 12.1. The normalized spacial score (nSPS) is 19.5. The van der Waals surface area contributed by atoms with Crippen molar-refractivity contribution in [2.24, 2.45) is 5.92 Å². The molecule has 0 saturated heterocycles. The van der Waals surface area contributed by atoms with Crippen LogP contribution in [0.25, 0.3) is 54.1 Å². The molecule has 240 valence electrons. The number of thiophene rings is 1. The standard InChI is InChI=1S/C47H30N2OS/c1-2-13-29(14-3-1)40-28-41(30-25-26-34-33-17-6-11-24-43(33)51-44(34)27-30)49-46(48-40)35-18-12-22-39-45(35)50-42-23-10-9-21-38(42)47(39)36-19-7-4-15-31(36)32-16-5-8-20-37(32)47/h1-28,31,36H. The molecule has 4 heteroatoms. The highest BCUT2D eigenvalue weighted by atomic mass is 32.1. The molecule has 2 aromatic heterocycles. The Morgan fingerprint density at radius 1 is 0.549 bits per heavy atom. The molecule has 1 aliphatic heterocycles. The first-order valence-electron chi connectivity index (χ1n) is 17.5. The largest absolute Gasteiger partial charge is 0.456 e. The number of nitrogens with zero attached hydrogens (tertiary/aromatic N) is 2. The van der Waals surface area contributed by atoms with Crippen molar-refractivity contribution in [3.63, 3.8) is 0 Å². The molecule has 11 rings (SSSR count). The SMILES string of the molecule is C1=CC2c3ccccc3C3(c4ccccc4Oc4c(-c5nc(-c6ccccc6)cc(-c6ccc7c(c6)sc6ccccc67)n5)cccc43)C2C=C1.